The molecule has 84 valence electrons. The minimum absolute atomic E-state index is 0.139. The lowest BCUT2D eigenvalue weighted by Gasteiger charge is -2.18. The number of pyridine rings is 1. The first-order chi connectivity index (χ1) is 7.00. The van der Waals surface area contributed by atoms with Crippen LogP contribution in [0.15, 0.2) is 18.3 Å². The highest BCUT2D eigenvalue weighted by Gasteiger charge is 2.09. The molecule has 0 aromatic carbocycles. The average Bonchev–Trinajstić information content (AvgIpc) is 2.17. The van der Waals surface area contributed by atoms with Gasteiger partial charge in [0, 0.05) is 13.1 Å². The van der Waals surface area contributed by atoms with Crippen LogP contribution in [-0.4, -0.2) is 25.0 Å². The summed E-state index contributed by atoms with van der Waals surface area (Å²) < 4.78 is 24.2. The Hall–Kier alpha value is -1.23. The molecule has 0 aliphatic carbocycles. The zero-order valence-electron chi connectivity index (χ0n) is 8.82. The van der Waals surface area contributed by atoms with Crippen molar-refractivity contribution < 1.29 is 8.78 Å². The van der Waals surface area contributed by atoms with Gasteiger partial charge in [-0.15, -0.1) is 0 Å². The molecule has 1 aromatic heterocycles. The van der Waals surface area contributed by atoms with Gasteiger partial charge in [0.25, 0.3) is 6.43 Å². The molecular weight excluding hydrogens is 200 g/mol. The molecule has 1 atom stereocenters. The Balaban J connectivity index is 2.71. The van der Waals surface area contributed by atoms with E-state index in [1.165, 1.54) is 4.90 Å². The van der Waals surface area contributed by atoms with Crippen LogP contribution in [0.1, 0.15) is 18.7 Å². The number of anilines is 1. The quantitative estimate of drug-likeness (QED) is 0.832. The van der Waals surface area contributed by atoms with Crippen molar-refractivity contribution in [1.29, 1.82) is 0 Å². The van der Waals surface area contributed by atoms with Gasteiger partial charge in [-0.1, -0.05) is 0 Å². The minimum atomic E-state index is -2.34. The van der Waals surface area contributed by atoms with Gasteiger partial charge in [-0.3, -0.25) is 4.98 Å². The van der Waals surface area contributed by atoms with E-state index < -0.39 is 6.43 Å². The van der Waals surface area contributed by atoms with E-state index in [0.717, 1.165) is 5.69 Å². The van der Waals surface area contributed by atoms with Gasteiger partial charge in [0.15, 0.2) is 0 Å². The number of rotatable bonds is 4. The lowest BCUT2D eigenvalue weighted by Crippen LogP contribution is -2.24. The Morgan fingerprint density at radius 3 is 2.53 bits per heavy atom. The van der Waals surface area contributed by atoms with Crippen molar-refractivity contribution in [3.05, 3.63) is 24.0 Å². The molecule has 0 unspecified atom stereocenters. The molecule has 0 saturated carbocycles. The SMILES string of the molecule is C[C@H](N)c1ccc(N(C)CC(F)F)cn1. The number of hydrogen-bond acceptors (Lipinski definition) is 3. The van der Waals surface area contributed by atoms with E-state index in [4.69, 9.17) is 5.73 Å². The summed E-state index contributed by atoms with van der Waals surface area (Å²) >= 11 is 0. The van der Waals surface area contributed by atoms with Gasteiger partial charge in [0.05, 0.1) is 24.1 Å². The van der Waals surface area contributed by atoms with Crippen molar-refractivity contribution in [2.24, 2.45) is 5.73 Å². The Bertz CT molecular complexity index is 298. The third kappa shape index (κ3) is 3.43. The monoisotopic (exact) mass is 215 g/mol. The van der Waals surface area contributed by atoms with E-state index in [9.17, 15) is 8.78 Å². The molecule has 0 aliphatic heterocycles. The molecule has 0 bridgehead atoms. The molecule has 0 aliphatic rings. The van der Waals surface area contributed by atoms with Gasteiger partial charge >= 0.3 is 0 Å². The van der Waals surface area contributed by atoms with E-state index in [1.54, 1.807) is 25.4 Å². The number of nitrogens with two attached hydrogens (primary N) is 1. The standard InChI is InChI=1S/C10H15F2N3/c1-7(13)9-4-3-8(5-14-9)15(2)6-10(11)12/h3-5,7,10H,6,13H2,1-2H3/t7-/m0/s1. The molecule has 15 heavy (non-hydrogen) atoms. The zero-order valence-corrected chi connectivity index (χ0v) is 8.82. The van der Waals surface area contributed by atoms with E-state index in [-0.39, 0.29) is 12.6 Å². The zero-order chi connectivity index (χ0) is 11.4. The van der Waals surface area contributed by atoms with Crippen molar-refractivity contribution >= 4 is 5.69 Å². The maximum Gasteiger partial charge on any atom is 0.255 e. The highest BCUT2D eigenvalue weighted by Crippen LogP contribution is 2.14. The summed E-state index contributed by atoms with van der Waals surface area (Å²) in [7, 11) is 1.61. The van der Waals surface area contributed by atoms with Crippen LogP contribution in [-0.2, 0) is 0 Å². The number of aromatic nitrogens is 1. The Labute approximate surface area is 87.9 Å². The number of halogens is 2. The summed E-state index contributed by atoms with van der Waals surface area (Å²) in [6.45, 7) is 1.53. The second-order valence-electron chi connectivity index (χ2n) is 3.50. The number of nitrogens with zero attached hydrogens (tertiary/aromatic N) is 2. The predicted molar refractivity (Wildman–Crippen MR) is 56.1 cm³/mol. The van der Waals surface area contributed by atoms with Crippen LogP contribution < -0.4 is 10.6 Å². The summed E-state index contributed by atoms with van der Waals surface area (Å²) in [5.41, 5.74) is 7.04. The molecular formula is C10H15F2N3. The first kappa shape index (κ1) is 11.8. The van der Waals surface area contributed by atoms with Crippen LogP contribution in [0.3, 0.4) is 0 Å². The fourth-order valence-electron chi connectivity index (χ4n) is 1.21. The second-order valence-corrected chi connectivity index (χ2v) is 3.50. The second kappa shape index (κ2) is 5.02. The van der Waals surface area contributed by atoms with Gasteiger partial charge in [0.1, 0.15) is 0 Å². The van der Waals surface area contributed by atoms with Crippen molar-refractivity contribution in [3.63, 3.8) is 0 Å². The first-order valence-corrected chi connectivity index (χ1v) is 4.71. The molecule has 0 fully saturated rings. The Kier molecular flexibility index (Phi) is 3.96. The summed E-state index contributed by atoms with van der Waals surface area (Å²) in [5.74, 6) is 0. The average molecular weight is 215 g/mol. The van der Waals surface area contributed by atoms with Gasteiger partial charge < -0.3 is 10.6 Å². The third-order valence-corrected chi connectivity index (χ3v) is 2.09. The molecule has 1 rings (SSSR count). The smallest absolute Gasteiger partial charge is 0.255 e. The van der Waals surface area contributed by atoms with Crippen LogP contribution in [0.5, 0.6) is 0 Å². The molecule has 0 radical (unpaired) electrons. The molecule has 0 saturated heterocycles. The van der Waals surface area contributed by atoms with Gasteiger partial charge in [-0.2, -0.15) is 0 Å². The molecule has 5 heteroatoms. The van der Waals surface area contributed by atoms with Crippen molar-refractivity contribution in [3.8, 4) is 0 Å². The van der Waals surface area contributed by atoms with Crippen LogP contribution in [0.25, 0.3) is 0 Å². The summed E-state index contributed by atoms with van der Waals surface area (Å²) in [6, 6.07) is 3.36. The topological polar surface area (TPSA) is 42.1 Å². The lowest BCUT2D eigenvalue weighted by molar-refractivity contribution is 0.156. The third-order valence-electron chi connectivity index (χ3n) is 2.09. The molecule has 0 amide bonds. The Morgan fingerprint density at radius 2 is 2.13 bits per heavy atom. The summed E-state index contributed by atoms with van der Waals surface area (Å²) in [4.78, 5) is 5.56. The highest BCUT2D eigenvalue weighted by molar-refractivity contribution is 5.43. The molecule has 0 spiro atoms. The molecule has 2 N–H and O–H groups in total. The van der Waals surface area contributed by atoms with Crippen LogP contribution >= 0.6 is 0 Å². The Morgan fingerprint density at radius 1 is 1.47 bits per heavy atom. The maximum atomic E-state index is 12.1. The molecule has 1 aromatic rings. The van der Waals surface area contributed by atoms with Crippen LogP contribution in [0.2, 0.25) is 0 Å². The summed E-state index contributed by atoms with van der Waals surface area (Å²) in [5, 5.41) is 0. The molecule has 1 heterocycles. The fourth-order valence-corrected chi connectivity index (χ4v) is 1.21. The van der Waals surface area contributed by atoms with E-state index in [0.29, 0.717) is 5.69 Å². The minimum Gasteiger partial charge on any atom is -0.368 e. The van der Waals surface area contributed by atoms with E-state index >= 15 is 0 Å². The molecule has 3 nitrogen and oxygen atoms in total. The maximum absolute atomic E-state index is 12.1. The summed E-state index contributed by atoms with van der Waals surface area (Å²) in [6.07, 6.45) is -0.788. The fraction of sp³-hybridized carbons (Fsp3) is 0.500. The van der Waals surface area contributed by atoms with Crippen LogP contribution in [0, 0.1) is 0 Å². The van der Waals surface area contributed by atoms with Crippen molar-refractivity contribution in [1.82, 2.24) is 4.98 Å². The van der Waals surface area contributed by atoms with E-state index in [1.807, 2.05) is 6.92 Å². The van der Waals surface area contributed by atoms with E-state index in [2.05, 4.69) is 4.98 Å². The van der Waals surface area contributed by atoms with Crippen molar-refractivity contribution in [2.45, 2.75) is 19.4 Å². The number of hydrogen-bond donors (Lipinski definition) is 1. The van der Waals surface area contributed by atoms with Gasteiger partial charge in [-0.25, -0.2) is 8.78 Å². The predicted octanol–water partition coefficient (Wildman–Crippen LogP) is 1.80. The highest BCUT2D eigenvalue weighted by atomic mass is 19.3. The number of alkyl halides is 2. The first-order valence-electron chi connectivity index (χ1n) is 4.71. The normalized spacial score (nSPS) is 12.9. The lowest BCUT2D eigenvalue weighted by atomic mass is 10.2. The van der Waals surface area contributed by atoms with Gasteiger partial charge in [-0.05, 0) is 19.1 Å². The van der Waals surface area contributed by atoms with Crippen molar-refractivity contribution in [2.75, 3.05) is 18.5 Å². The largest absolute Gasteiger partial charge is 0.368 e. The van der Waals surface area contributed by atoms with Gasteiger partial charge in [0.2, 0.25) is 0 Å². The van der Waals surface area contributed by atoms with Crippen LogP contribution in [0.4, 0.5) is 14.5 Å².